The quantitative estimate of drug-likeness (QED) is 0.632. The molecular weight excluding hydrogens is 380 g/mol. The van der Waals surface area contributed by atoms with Gasteiger partial charge in [-0.25, -0.2) is 10.4 Å². The average molecular weight is 399 g/mol. The Hall–Kier alpha value is -2.45. The predicted octanol–water partition coefficient (Wildman–Crippen LogP) is 4.51. The number of hydrogen-bond acceptors (Lipinski definition) is 6. The fraction of sp³-hybridized carbons (Fsp3) is 0.211. The molecule has 0 aliphatic carbocycles. The lowest BCUT2D eigenvalue weighted by Gasteiger charge is -2.18. The minimum Gasteiger partial charge on any atom is -0.496 e. The van der Waals surface area contributed by atoms with Crippen LogP contribution in [0.2, 0.25) is 0 Å². The zero-order chi connectivity index (χ0) is 19.0. The van der Waals surface area contributed by atoms with Gasteiger partial charge in [-0.15, -0.1) is 11.8 Å². The summed E-state index contributed by atoms with van der Waals surface area (Å²) in [5.74, 6) is 1.54. The largest absolute Gasteiger partial charge is 0.496 e. The number of fused-ring (bicyclic) bond motifs is 1. The van der Waals surface area contributed by atoms with Crippen LogP contribution in [0, 0.1) is 0 Å². The van der Waals surface area contributed by atoms with Crippen molar-refractivity contribution in [3.8, 4) is 17.1 Å². The molecule has 1 atom stereocenters. The van der Waals surface area contributed by atoms with Crippen LogP contribution in [-0.2, 0) is 0 Å². The van der Waals surface area contributed by atoms with Gasteiger partial charge < -0.3 is 9.72 Å². The van der Waals surface area contributed by atoms with Crippen LogP contribution in [0.5, 0.6) is 5.75 Å². The molecule has 1 aromatic heterocycles. The first-order chi connectivity index (χ1) is 13.1. The third-order valence-electron chi connectivity index (χ3n) is 4.38. The summed E-state index contributed by atoms with van der Waals surface area (Å²) in [4.78, 5) is 20.7. The molecule has 0 spiro atoms. The molecule has 4 rings (SSSR count). The molecule has 138 valence electrons. The third kappa shape index (κ3) is 3.42. The van der Waals surface area contributed by atoms with Gasteiger partial charge in [0.15, 0.2) is 0 Å². The number of thioether (sulfide) groups is 2. The van der Waals surface area contributed by atoms with Gasteiger partial charge >= 0.3 is 0 Å². The molecule has 8 heteroatoms. The summed E-state index contributed by atoms with van der Waals surface area (Å²) in [6.07, 6.45) is 2.03. The number of imidazole rings is 1. The number of benzene rings is 2. The molecule has 1 amide bonds. The van der Waals surface area contributed by atoms with Crippen molar-refractivity contribution in [1.82, 2.24) is 15.4 Å². The van der Waals surface area contributed by atoms with Gasteiger partial charge in [0, 0.05) is 10.5 Å². The third-order valence-corrected chi connectivity index (χ3v) is 5.99. The number of amides is 1. The van der Waals surface area contributed by atoms with Crippen molar-refractivity contribution in [2.45, 2.75) is 17.1 Å². The number of methoxy groups -OCH3 is 1. The summed E-state index contributed by atoms with van der Waals surface area (Å²) in [6.45, 7) is 1.97. The highest BCUT2D eigenvalue weighted by Gasteiger charge is 2.23. The highest BCUT2D eigenvalue weighted by Crippen LogP contribution is 2.33. The second-order valence-corrected chi connectivity index (χ2v) is 8.23. The number of carbonyl (C=O) groups is 1. The number of rotatable bonds is 4. The molecule has 1 aliphatic heterocycles. The lowest BCUT2D eigenvalue weighted by molar-refractivity contribution is 0.261. The molecule has 1 aliphatic rings. The van der Waals surface area contributed by atoms with Crippen LogP contribution in [0.1, 0.15) is 12.5 Å². The van der Waals surface area contributed by atoms with Gasteiger partial charge in [-0.2, -0.15) is 5.10 Å². The van der Waals surface area contributed by atoms with Crippen LogP contribution < -0.4 is 10.2 Å². The molecule has 27 heavy (non-hydrogen) atoms. The smallest absolute Gasteiger partial charge is 0.299 e. The molecule has 2 heterocycles. The maximum Gasteiger partial charge on any atom is 0.299 e. The van der Waals surface area contributed by atoms with E-state index in [0.717, 1.165) is 44.3 Å². The van der Waals surface area contributed by atoms with E-state index in [9.17, 15) is 4.79 Å². The number of aromatic nitrogens is 2. The fourth-order valence-corrected chi connectivity index (χ4v) is 4.17. The van der Waals surface area contributed by atoms with Crippen molar-refractivity contribution in [1.29, 1.82) is 0 Å². The van der Waals surface area contributed by atoms with Crippen molar-refractivity contribution in [2.24, 2.45) is 5.10 Å². The number of ether oxygens (including phenoxy) is 1. The van der Waals surface area contributed by atoms with Crippen molar-refractivity contribution in [2.75, 3.05) is 13.4 Å². The van der Waals surface area contributed by atoms with E-state index in [-0.39, 0.29) is 10.5 Å². The Morgan fingerprint density at radius 1 is 1.22 bits per heavy atom. The van der Waals surface area contributed by atoms with E-state index in [2.05, 4.69) is 21.6 Å². The first-order valence-corrected chi connectivity index (χ1v) is 10.5. The van der Waals surface area contributed by atoms with Crippen LogP contribution in [-0.4, -0.2) is 39.5 Å². The molecule has 3 aromatic rings. The van der Waals surface area contributed by atoms with Crippen molar-refractivity contribution >= 4 is 45.5 Å². The molecule has 0 saturated carbocycles. The van der Waals surface area contributed by atoms with Crippen LogP contribution in [0.25, 0.3) is 22.4 Å². The van der Waals surface area contributed by atoms with E-state index < -0.39 is 0 Å². The highest BCUT2D eigenvalue weighted by molar-refractivity contribution is 8.14. The summed E-state index contributed by atoms with van der Waals surface area (Å²) >= 11 is 2.90. The second-order valence-electron chi connectivity index (χ2n) is 6.04. The van der Waals surface area contributed by atoms with Crippen LogP contribution in [0.4, 0.5) is 4.79 Å². The minimum atomic E-state index is -0.129. The van der Waals surface area contributed by atoms with Crippen molar-refractivity contribution in [3.05, 3.63) is 42.0 Å². The van der Waals surface area contributed by atoms with E-state index in [1.54, 1.807) is 18.9 Å². The van der Waals surface area contributed by atoms with Gasteiger partial charge in [-0.1, -0.05) is 17.8 Å². The standard InChI is InChI=1S/C19H18N4O2S2/c1-10-17(22-23-19(24)27-10)11-4-7-14-15(8-11)21-18(20-14)13-6-5-12(26-3)9-16(13)25-2/h4-10H,1-3H3,(H,20,21)(H,23,24). The number of H-pyrrole nitrogens is 1. The molecule has 6 nitrogen and oxygen atoms in total. The van der Waals surface area contributed by atoms with Gasteiger partial charge in [-0.05, 0) is 43.5 Å². The summed E-state index contributed by atoms with van der Waals surface area (Å²) in [5, 5.41) is 4.08. The van der Waals surface area contributed by atoms with E-state index in [4.69, 9.17) is 9.72 Å². The topological polar surface area (TPSA) is 79.4 Å². The Labute approximate surface area is 165 Å². The Morgan fingerprint density at radius 3 is 2.81 bits per heavy atom. The summed E-state index contributed by atoms with van der Waals surface area (Å²) < 4.78 is 5.55. The Balaban J connectivity index is 1.75. The fourth-order valence-electron chi connectivity index (χ4n) is 3.03. The number of nitrogens with zero attached hydrogens (tertiary/aromatic N) is 2. The van der Waals surface area contributed by atoms with Gasteiger partial charge in [0.2, 0.25) is 0 Å². The maximum atomic E-state index is 11.4. The second kappa shape index (κ2) is 7.28. The van der Waals surface area contributed by atoms with Gasteiger partial charge in [-0.3, -0.25) is 4.79 Å². The normalized spacial score (nSPS) is 16.9. The molecule has 2 N–H and O–H groups in total. The number of aromatic amines is 1. The molecule has 0 radical (unpaired) electrons. The SMILES string of the molecule is COc1cc(SC)ccc1-c1nc2cc(C3=NNC(=O)SC3C)ccc2[nH]1. The van der Waals surface area contributed by atoms with Crippen molar-refractivity contribution in [3.63, 3.8) is 0 Å². The number of carbonyl (C=O) groups excluding carboxylic acids is 1. The first kappa shape index (κ1) is 17.9. The van der Waals surface area contributed by atoms with Gasteiger partial charge in [0.1, 0.15) is 11.6 Å². The highest BCUT2D eigenvalue weighted by atomic mass is 32.2. The van der Waals surface area contributed by atoms with E-state index in [0.29, 0.717) is 0 Å². The number of nitrogens with one attached hydrogen (secondary N) is 2. The maximum absolute atomic E-state index is 11.4. The average Bonchev–Trinajstić information content (AvgIpc) is 3.10. The predicted molar refractivity (Wildman–Crippen MR) is 112 cm³/mol. The Kier molecular flexibility index (Phi) is 4.84. The molecule has 1 unspecified atom stereocenters. The summed E-state index contributed by atoms with van der Waals surface area (Å²) in [6, 6.07) is 12.1. The number of hydrazone groups is 1. The lowest BCUT2D eigenvalue weighted by Crippen LogP contribution is -2.29. The first-order valence-electron chi connectivity index (χ1n) is 8.36. The molecule has 2 aromatic carbocycles. The van der Waals surface area contributed by atoms with Crippen LogP contribution in [0.15, 0.2) is 46.4 Å². The van der Waals surface area contributed by atoms with E-state index in [1.807, 2.05) is 43.5 Å². The Bertz CT molecular complexity index is 1060. The molecular formula is C19H18N4O2S2. The van der Waals surface area contributed by atoms with E-state index in [1.165, 1.54) is 11.8 Å². The lowest BCUT2D eigenvalue weighted by atomic mass is 10.1. The molecule has 0 saturated heterocycles. The molecule has 0 bridgehead atoms. The van der Waals surface area contributed by atoms with Gasteiger partial charge in [0.05, 0.1) is 34.7 Å². The zero-order valence-electron chi connectivity index (χ0n) is 15.1. The molecule has 0 fully saturated rings. The van der Waals surface area contributed by atoms with Gasteiger partial charge in [0.25, 0.3) is 5.24 Å². The summed E-state index contributed by atoms with van der Waals surface area (Å²) in [5.41, 5.74) is 7.02. The monoisotopic (exact) mass is 398 g/mol. The van der Waals surface area contributed by atoms with Crippen molar-refractivity contribution < 1.29 is 9.53 Å². The van der Waals surface area contributed by atoms with Crippen LogP contribution >= 0.6 is 23.5 Å². The Morgan fingerprint density at radius 2 is 2.07 bits per heavy atom. The number of hydrogen-bond donors (Lipinski definition) is 2. The minimum absolute atomic E-state index is 0.00575. The zero-order valence-corrected chi connectivity index (χ0v) is 16.7. The summed E-state index contributed by atoms with van der Waals surface area (Å²) in [7, 11) is 1.66. The van der Waals surface area contributed by atoms with Crippen LogP contribution in [0.3, 0.4) is 0 Å². The van der Waals surface area contributed by atoms with E-state index >= 15 is 0 Å².